The Kier molecular flexibility index (Phi) is 4.04. The molecule has 0 aromatic heterocycles. The highest BCUT2D eigenvalue weighted by atomic mass is 16.5. The van der Waals surface area contributed by atoms with Gasteiger partial charge in [0.05, 0.1) is 12.7 Å². The summed E-state index contributed by atoms with van der Waals surface area (Å²) in [6, 6.07) is 7.04. The maximum absolute atomic E-state index is 5.78. The molecule has 1 aromatic rings. The van der Waals surface area contributed by atoms with E-state index in [0.29, 0.717) is 12.1 Å². The van der Waals surface area contributed by atoms with Crippen molar-refractivity contribution in [1.82, 2.24) is 5.32 Å². The summed E-state index contributed by atoms with van der Waals surface area (Å²) >= 11 is 0. The van der Waals surface area contributed by atoms with Crippen molar-refractivity contribution in [3.05, 3.63) is 29.3 Å². The standard InChI is InChI=1S/C16H23NO2/c1-2-17-15(11-14-4-3-8-18-14)12-5-6-16-13(10-12)7-9-19-16/h5-6,10,14-15,17H,2-4,7-9,11H2,1H3. The summed E-state index contributed by atoms with van der Waals surface area (Å²) < 4.78 is 11.4. The van der Waals surface area contributed by atoms with Crippen LogP contribution in [-0.2, 0) is 11.2 Å². The molecule has 0 spiro atoms. The van der Waals surface area contributed by atoms with Crippen molar-refractivity contribution in [3.8, 4) is 5.75 Å². The lowest BCUT2D eigenvalue weighted by molar-refractivity contribution is 0.0947. The van der Waals surface area contributed by atoms with Crippen LogP contribution in [-0.4, -0.2) is 25.9 Å². The molecule has 2 unspecified atom stereocenters. The summed E-state index contributed by atoms with van der Waals surface area (Å²) in [5, 5.41) is 3.60. The Morgan fingerprint density at radius 2 is 2.32 bits per heavy atom. The van der Waals surface area contributed by atoms with Gasteiger partial charge in [-0.3, -0.25) is 0 Å². The van der Waals surface area contributed by atoms with Crippen LogP contribution in [0, 0.1) is 0 Å². The molecule has 2 atom stereocenters. The van der Waals surface area contributed by atoms with Gasteiger partial charge in [0.25, 0.3) is 0 Å². The minimum absolute atomic E-state index is 0.402. The topological polar surface area (TPSA) is 30.5 Å². The molecule has 3 nitrogen and oxygen atoms in total. The lowest BCUT2D eigenvalue weighted by Gasteiger charge is -2.22. The van der Waals surface area contributed by atoms with Crippen molar-refractivity contribution >= 4 is 0 Å². The highest BCUT2D eigenvalue weighted by Gasteiger charge is 2.22. The Balaban J connectivity index is 1.74. The van der Waals surface area contributed by atoms with Crippen LogP contribution in [0.3, 0.4) is 0 Å². The van der Waals surface area contributed by atoms with Crippen LogP contribution in [0.2, 0.25) is 0 Å². The minimum atomic E-state index is 0.402. The van der Waals surface area contributed by atoms with E-state index in [2.05, 4.69) is 30.4 Å². The summed E-state index contributed by atoms with van der Waals surface area (Å²) in [7, 11) is 0. The third-order valence-corrected chi connectivity index (χ3v) is 4.09. The van der Waals surface area contributed by atoms with Gasteiger partial charge in [-0.05, 0) is 43.0 Å². The fraction of sp³-hybridized carbons (Fsp3) is 0.625. The van der Waals surface area contributed by atoms with Gasteiger partial charge in [0.15, 0.2) is 0 Å². The summed E-state index contributed by atoms with van der Waals surface area (Å²) in [4.78, 5) is 0. The molecule has 0 radical (unpaired) electrons. The Morgan fingerprint density at radius 1 is 1.37 bits per heavy atom. The monoisotopic (exact) mass is 261 g/mol. The molecule has 0 amide bonds. The molecule has 2 aliphatic heterocycles. The van der Waals surface area contributed by atoms with Crippen molar-refractivity contribution in [2.45, 2.75) is 44.8 Å². The molecule has 0 aliphatic carbocycles. The lowest BCUT2D eigenvalue weighted by Crippen LogP contribution is -2.25. The van der Waals surface area contributed by atoms with E-state index < -0.39 is 0 Å². The van der Waals surface area contributed by atoms with E-state index in [9.17, 15) is 0 Å². The molecule has 1 aromatic carbocycles. The summed E-state index contributed by atoms with van der Waals surface area (Å²) in [6.07, 6.45) is 4.96. The van der Waals surface area contributed by atoms with E-state index in [0.717, 1.165) is 38.3 Å². The highest BCUT2D eigenvalue weighted by Crippen LogP contribution is 2.31. The number of rotatable bonds is 5. The second kappa shape index (κ2) is 5.93. The highest BCUT2D eigenvalue weighted by molar-refractivity contribution is 5.40. The molecule has 3 rings (SSSR count). The number of nitrogens with one attached hydrogen (secondary N) is 1. The van der Waals surface area contributed by atoms with Crippen LogP contribution in [0.1, 0.15) is 43.4 Å². The number of hydrogen-bond acceptors (Lipinski definition) is 3. The third-order valence-electron chi connectivity index (χ3n) is 4.09. The maximum atomic E-state index is 5.78. The predicted octanol–water partition coefficient (Wildman–Crippen LogP) is 2.84. The molecule has 1 N–H and O–H groups in total. The van der Waals surface area contributed by atoms with Gasteiger partial charge in [-0.25, -0.2) is 0 Å². The molecule has 19 heavy (non-hydrogen) atoms. The molecule has 3 heteroatoms. The fourth-order valence-corrected chi connectivity index (χ4v) is 3.10. The van der Waals surface area contributed by atoms with E-state index in [1.54, 1.807) is 0 Å². The van der Waals surface area contributed by atoms with Gasteiger partial charge in [-0.15, -0.1) is 0 Å². The van der Waals surface area contributed by atoms with Crippen molar-refractivity contribution in [2.24, 2.45) is 0 Å². The zero-order valence-corrected chi connectivity index (χ0v) is 11.7. The van der Waals surface area contributed by atoms with Gasteiger partial charge in [0, 0.05) is 19.1 Å². The van der Waals surface area contributed by atoms with E-state index in [4.69, 9.17) is 9.47 Å². The molecular weight excluding hydrogens is 238 g/mol. The van der Waals surface area contributed by atoms with Crippen LogP contribution in [0.25, 0.3) is 0 Å². The van der Waals surface area contributed by atoms with Gasteiger partial charge >= 0.3 is 0 Å². The van der Waals surface area contributed by atoms with Crippen molar-refractivity contribution in [1.29, 1.82) is 0 Å². The van der Waals surface area contributed by atoms with Crippen LogP contribution in [0.15, 0.2) is 18.2 Å². The predicted molar refractivity (Wildman–Crippen MR) is 75.6 cm³/mol. The first kappa shape index (κ1) is 12.9. The van der Waals surface area contributed by atoms with Crippen LogP contribution < -0.4 is 10.1 Å². The van der Waals surface area contributed by atoms with Gasteiger partial charge < -0.3 is 14.8 Å². The molecule has 0 bridgehead atoms. The molecular formula is C16H23NO2. The minimum Gasteiger partial charge on any atom is -0.493 e. The smallest absolute Gasteiger partial charge is 0.122 e. The van der Waals surface area contributed by atoms with Gasteiger partial charge in [0.2, 0.25) is 0 Å². The first-order chi connectivity index (χ1) is 9.36. The number of hydrogen-bond donors (Lipinski definition) is 1. The van der Waals surface area contributed by atoms with Crippen molar-refractivity contribution < 1.29 is 9.47 Å². The largest absolute Gasteiger partial charge is 0.493 e. The second-order valence-electron chi connectivity index (χ2n) is 5.45. The molecule has 104 valence electrons. The fourth-order valence-electron chi connectivity index (χ4n) is 3.10. The average molecular weight is 261 g/mol. The zero-order chi connectivity index (χ0) is 13.1. The Morgan fingerprint density at radius 3 is 3.11 bits per heavy atom. The molecule has 1 fully saturated rings. The van der Waals surface area contributed by atoms with Crippen molar-refractivity contribution in [3.63, 3.8) is 0 Å². The normalized spacial score (nSPS) is 23.1. The lowest BCUT2D eigenvalue weighted by atomic mass is 9.97. The van der Waals surface area contributed by atoms with Gasteiger partial charge in [0.1, 0.15) is 5.75 Å². The Hall–Kier alpha value is -1.06. The van der Waals surface area contributed by atoms with E-state index in [1.165, 1.54) is 24.0 Å². The van der Waals surface area contributed by atoms with Gasteiger partial charge in [-0.1, -0.05) is 19.1 Å². The molecule has 2 heterocycles. The Labute approximate surface area is 115 Å². The molecule has 2 aliphatic rings. The first-order valence-corrected chi connectivity index (χ1v) is 7.47. The van der Waals surface area contributed by atoms with Crippen LogP contribution in [0.4, 0.5) is 0 Å². The van der Waals surface area contributed by atoms with Crippen LogP contribution >= 0.6 is 0 Å². The SMILES string of the molecule is CCNC(CC1CCCO1)c1ccc2c(c1)CCO2. The average Bonchev–Trinajstić information content (AvgIpc) is 3.08. The Bertz CT molecular complexity index is 427. The van der Waals surface area contributed by atoms with Gasteiger partial charge in [-0.2, -0.15) is 0 Å². The number of benzene rings is 1. The van der Waals surface area contributed by atoms with Crippen LogP contribution in [0.5, 0.6) is 5.75 Å². The first-order valence-electron chi connectivity index (χ1n) is 7.47. The third kappa shape index (κ3) is 2.93. The number of fused-ring (bicyclic) bond motifs is 1. The van der Waals surface area contributed by atoms with E-state index in [-0.39, 0.29) is 0 Å². The number of ether oxygens (including phenoxy) is 2. The maximum Gasteiger partial charge on any atom is 0.122 e. The second-order valence-corrected chi connectivity index (χ2v) is 5.45. The molecule has 0 saturated carbocycles. The van der Waals surface area contributed by atoms with E-state index >= 15 is 0 Å². The molecule has 1 saturated heterocycles. The van der Waals surface area contributed by atoms with E-state index in [1.807, 2.05) is 0 Å². The summed E-state index contributed by atoms with van der Waals surface area (Å²) in [5.74, 6) is 1.07. The summed E-state index contributed by atoms with van der Waals surface area (Å²) in [6.45, 7) is 4.92. The quantitative estimate of drug-likeness (QED) is 0.884. The zero-order valence-electron chi connectivity index (χ0n) is 11.7. The summed E-state index contributed by atoms with van der Waals surface area (Å²) in [5.41, 5.74) is 2.73. The van der Waals surface area contributed by atoms with Crippen molar-refractivity contribution in [2.75, 3.05) is 19.8 Å².